The number of esters is 1. The molecule has 0 aromatic heterocycles. The standard InChI is InChI=1S/C27H50O4Si2/c1-12-13-15-20-23(30-32(8,9)26(2,3)4)24(31-33(10,11)27(5,6)7)21-29-25(28)22-18-16-14-17-19-22/h14,16-19,23-24H,12-13,15,20-21H2,1-11H3. The Balaban J connectivity index is 3.22. The van der Waals surface area contributed by atoms with E-state index < -0.39 is 16.6 Å². The highest BCUT2D eigenvalue weighted by atomic mass is 28.4. The van der Waals surface area contributed by atoms with Crippen molar-refractivity contribution < 1.29 is 18.4 Å². The van der Waals surface area contributed by atoms with E-state index in [1.54, 1.807) is 12.1 Å². The molecule has 0 N–H and O–H groups in total. The smallest absolute Gasteiger partial charge is 0.338 e. The zero-order chi connectivity index (χ0) is 25.5. The van der Waals surface area contributed by atoms with Crippen LogP contribution in [0, 0.1) is 0 Å². The van der Waals surface area contributed by atoms with Gasteiger partial charge in [0.15, 0.2) is 16.6 Å². The highest BCUT2D eigenvalue weighted by Crippen LogP contribution is 2.41. The van der Waals surface area contributed by atoms with Crippen LogP contribution >= 0.6 is 0 Å². The Kier molecular flexibility index (Phi) is 11.1. The van der Waals surface area contributed by atoms with Crippen molar-refractivity contribution in [2.45, 2.75) is 123 Å². The molecule has 1 rings (SSSR count). The summed E-state index contributed by atoms with van der Waals surface area (Å²) in [7, 11) is -4.14. The summed E-state index contributed by atoms with van der Waals surface area (Å²) >= 11 is 0. The third-order valence-corrected chi connectivity index (χ3v) is 16.4. The molecule has 2 atom stereocenters. The lowest BCUT2D eigenvalue weighted by Crippen LogP contribution is -2.53. The van der Waals surface area contributed by atoms with Crippen molar-refractivity contribution in [1.29, 1.82) is 0 Å². The van der Waals surface area contributed by atoms with Gasteiger partial charge in [-0.3, -0.25) is 0 Å². The van der Waals surface area contributed by atoms with Crippen LogP contribution in [0.1, 0.15) is 84.5 Å². The minimum Gasteiger partial charge on any atom is -0.459 e. The van der Waals surface area contributed by atoms with E-state index in [4.69, 9.17) is 13.6 Å². The molecule has 0 bridgehead atoms. The minimum absolute atomic E-state index is 0.0552. The highest BCUT2D eigenvalue weighted by molar-refractivity contribution is 6.74. The van der Waals surface area contributed by atoms with E-state index in [9.17, 15) is 4.79 Å². The highest BCUT2D eigenvalue weighted by Gasteiger charge is 2.45. The summed E-state index contributed by atoms with van der Waals surface area (Å²) in [6.45, 7) is 25.1. The molecule has 0 heterocycles. The summed E-state index contributed by atoms with van der Waals surface area (Å²) < 4.78 is 19.7. The van der Waals surface area contributed by atoms with Gasteiger partial charge < -0.3 is 13.6 Å². The summed E-state index contributed by atoms with van der Waals surface area (Å²) in [5.74, 6) is -0.306. The lowest BCUT2D eigenvalue weighted by molar-refractivity contribution is -0.0192. The van der Waals surface area contributed by atoms with Gasteiger partial charge in [0.25, 0.3) is 0 Å². The van der Waals surface area contributed by atoms with Crippen LogP contribution in [0.25, 0.3) is 0 Å². The molecular weight excluding hydrogens is 444 g/mol. The van der Waals surface area contributed by atoms with Gasteiger partial charge in [0.1, 0.15) is 12.7 Å². The van der Waals surface area contributed by atoms with Crippen LogP contribution in [0.5, 0.6) is 0 Å². The van der Waals surface area contributed by atoms with Gasteiger partial charge in [-0.05, 0) is 54.8 Å². The van der Waals surface area contributed by atoms with Crippen molar-refractivity contribution in [3.8, 4) is 0 Å². The number of hydrogen-bond acceptors (Lipinski definition) is 4. The molecule has 1 aromatic rings. The van der Waals surface area contributed by atoms with Crippen LogP contribution in [0.15, 0.2) is 30.3 Å². The number of carbonyl (C=O) groups is 1. The molecule has 0 amide bonds. The van der Waals surface area contributed by atoms with Gasteiger partial charge in [-0.15, -0.1) is 0 Å². The molecule has 2 unspecified atom stereocenters. The number of carbonyl (C=O) groups excluding carboxylic acids is 1. The fourth-order valence-electron chi connectivity index (χ4n) is 3.06. The molecule has 0 fully saturated rings. The van der Waals surface area contributed by atoms with Crippen molar-refractivity contribution >= 4 is 22.6 Å². The normalized spacial score (nSPS) is 15.2. The zero-order valence-corrected chi connectivity index (χ0v) is 25.2. The van der Waals surface area contributed by atoms with Crippen molar-refractivity contribution in [3.63, 3.8) is 0 Å². The molecule has 6 heteroatoms. The maximum absolute atomic E-state index is 12.7. The molecule has 0 spiro atoms. The lowest BCUT2D eigenvalue weighted by Gasteiger charge is -2.45. The average Bonchev–Trinajstić information content (AvgIpc) is 2.69. The molecule has 190 valence electrons. The van der Waals surface area contributed by atoms with Crippen LogP contribution in [-0.2, 0) is 13.6 Å². The summed E-state index contributed by atoms with van der Waals surface area (Å²) in [4.78, 5) is 12.7. The number of rotatable bonds is 12. The average molecular weight is 495 g/mol. The van der Waals surface area contributed by atoms with Crippen LogP contribution < -0.4 is 0 Å². The van der Waals surface area contributed by atoms with Gasteiger partial charge in [-0.25, -0.2) is 4.79 Å². The monoisotopic (exact) mass is 494 g/mol. The van der Waals surface area contributed by atoms with Crippen LogP contribution in [0.4, 0.5) is 0 Å². The molecular formula is C27H50O4Si2. The fraction of sp³-hybridized carbons (Fsp3) is 0.741. The van der Waals surface area contributed by atoms with Gasteiger partial charge in [0.05, 0.1) is 11.7 Å². The van der Waals surface area contributed by atoms with E-state index in [-0.39, 0.29) is 34.9 Å². The lowest BCUT2D eigenvalue weighted by atomic mass is 10.1. The van der Waals surface area contributed by atoms with E-state index in [1.165, 1.54) is 0 Å². The Morgan fingerprint density at radius 1 is 0.818 bits per heavy atom. The predicted octanol–water partition coefficient (Wildman–Crippen LogP) is 8.20. The predicted molar refractivity (Wildman–Crippen MR) is 145 cm³/mol. The van der Waals surface area contributed by atoms with Crippen molar-refractivity contribution in [2.24, 2.45) is 0 Å². The molecule has 4 nitrogen and oxygen atoms in total. The topological polar surface area (TPSA) is 44.8 Å². The van der Waals surface area contributed by atoms with E-state index in [2.05, 4.69) is 74.7 Å². The second-order valence-corrected chi connectivity index (χ2v) is 21.8. The van der Waals surface area contributed by atoms with Crippen LogP contribution in [0.2, 0.25) is 36.3 Å². The molecule has 1 aromatic carbocycles. The molecule has 0 aliphatic carbocycles. The number of ether oxygens (including phenoxy) is 1. The van der Waals surface area contributed by atoms with E-state index in [0.29, 0.717) is 5.56 Å². The first-order valence-corrected chi connectivity index (χ1v) is 18.4. The number of benzene rings is 1. The Morgan fingerprint density at radius 2 is 1.30 bits per heavy atom. The molecule has 0 radical (unpaired) electrons. The number of unbranched alkanes of at least 4 members (excludes halogenated alkanes) is 2. The summed E-state index contributed by atoms with van der Waals surface area (Å²) in [5.41, 5.74) is 0.566. The first kappa shape index (κ1) is 30.1. The molecule has 33 heavy (non-hydrogen) atoms. The van der Waals surface area contributed by atoms with Crippen molar-refractivity contribution in [1.82, 2.24) is 0 Å². The first-order valence-electron chi connectivity index (χ1n) is 12.6. The molecule has 0 saturated carbocycles. The summed E-state index contributed by atoms with van der Waals surface area (Å²) in [6.07, 6.45) is 3.96. The third-order valence-electron chi connectivity index (χ3n) is 7.40. The molecule has 0 aliphatic rings. The summed E-state index contributed by atoms with van der Waals surface area (Å²) in [6, 6.07) is 9.19. The fourth-order valence-corrected chi connectivity index (χ4v) is 5.77. The minimum atomic E-state index is -2.11. The van der Waals surface area contributed by atoms with Gasteiger partial charge in [0.2, 0.25) is 0 Å². The van der Waals surface area contributed by atoms with E-state index >= 15 is 0 Å². The first-order chi connectivity index (χ1) is 15.0. The second kappa shape index (κ2) is 12.1. The Hall–Kier alpha value is -0.956. The maximum atomic E-state index is 12.7. The van der Waals surface area contributed by atoms with Crippen molar-refractivity contribution in [3.05, 3.63) is 35.9 Å². The second-order valence-electron chi connectivity index (χ2n) is 12.3. The van der Waals surface area contributed by atoms with Gasteiger partial charge in [-0.1, -0.05) is 85.9 Å². The molecule has 0 saturated heterocycles. The molecule has 0 aliphatic heterocycles. The quantitative estimate of drug-likeness (QED) is 0.167. The largest absolute Gasteiger partial charge is 0.459 e. The van der Waals surface area contributed by atoms with Crippen molar-refractivity contribution in [2.75, 3.05) is 6.61 Å². The van der Waals surface area contributed by atoms with Gasteiger partial charge >= 0.3 is 5.97 Å². The van der Waals surface area contributed by atoms with E-state index in [1.807, 2.05) is 18.2 Å². The van der Waals surface area contributed by atoms with E-state index in [0.717, 1.165) is 25.7 Å². The van der Waals surface area contributed by atoms with Gasteiger partial charge in [-0.2, -0.15) is 0 Å². The van der Waals surface area contributed by atoms with Crippen LogP contribution in [-0.4, -0.2) is 41.4 Å². The Labute approximate surface area is 206 Å². The maximum Gasteiger partial charge on any atom is 0.338 e. The zero-order valence-electron chi connectivity index (χ0n) is 23.2. The summed E-state index contributed by atoms with van der Waals surface area (Å²) in [5, 5.41) is 0.151. The number of hydrogen-bond donors (Lipinski definition) is 0. The van der Waals surface area contributed by atoms with Gasteiger partial charge in [0, 0.05) is 0 Å². The Morgan fingerprint density at radius 3 is 1.76 bits per heavy atom. The SMILES string of the molecule is CCCCCC(O[Si](C)(C)C(C)(C)C)C(COC(=O)c1ccccc1)O[Si](C)(C)C(C)(C)C. The van der Waals surface area contributed by atoms with Crippen LogP contribution in [0.3, 0.4) is 0 Å². The Bertz CT molecular complexity index is 718. The third kappa shape index (κ3) is 9.31.